The predicted octanol–water partition coefficient (Wildman–Crippen LogP) is 3.07. The first-order valence-electron chi connectivity index (χ1n) is 8.22. The molecule has 0 aromatic heterocycles. The van der Waals surface area contributed by atoms with E-state index in [4.69, 9.17) is 14.2 Å². The molecule has 0 bridgehead atoms. The van der Waals surface area contributed by atoms with Gasteiger partial charge >= 0.3 is 0 Å². The van der Waals surface area contributed by atoms with Gasteiger partial charge in [0.15, 0.2) is 11.5 Å². The molecule has 2 aromatic carbocycles. The standard InChI is InChI=1S/C16H16N2O6S.C2H6/c1-22-14-8-11(4-5-12(14)18-25(2,20)21)17-16(19)10-3-6-13-15(7-10)24-9-23-13;1-2/h3-8,18H,9H2,1-2H3,(H,17,19);1-2H3. The third-order valence-corrected chi connectivity index (χ3v) is 3.98. The number of hydrogen-bond acceptors (Lipinski definition) is 6. The second-order valence-corrected chi connectivity index (χ2v) is 7.06. The van der Waals surface area contributed by atoms with E-state index in [9.17, 15) is 13.2 Å². The maximum Gasteiger partial charge on any atom is 0.255 e. The quantitative estimate of drug-likeness (QED) is 0.808. The first kappa shape index (κ1) is 20.4. The van der Waals surface area contributed by atoms with Crippen LogP contribution in [0, 0.1) is 0 Å². The lowest BCUT2D eigenvalue weighted by Gasteiger charge is -2.12. The van der Waals surface area contributed by atoms with Gasteiger partial charge in [-0.05, 0) is 30.3 Å². The number of nitrogens with one attached hydrogen (secondary N) is 2. The molecule has 8 nitrogen and oxygen atoms in total. The fourth-order valence-electron chi connectivity index (χ4n) is 2.29. The zero-order valence-corrected chi connectivity index (χ0v) is 16.3. The molecule has 9 heteroatoms. The average molecular weight is 394 g/mol. The van der Waals surface area contributed by atoms with E-state index in [-0.39, 0.29) is 24.1 Å². The summed E-state index contributed by atoms with van der Waals surface area (Å²) in [6, 6.07) is 9.49. The molecule has 0 fully saturated rings. The lowest BCUT2D eigenvalue weighted by molar-refractivity contribution is 0.102. The average Bonchev–Trinajstić information content (AvgIpc) is 3.11. The van der Waals surface area contributed by atoms with Crippen LogP contribution in [0.3, 0.4) is 0 Å². The molecule has 146 valence electrons. The lowest BCUT2D eigenvalue weighted by Crippen LogP contribution is -2.13. The van der Waals surface area contributed by atoms with Gasteiger partial charge in [0.1, 0.15) is 5.75 Å². The Balaban J connectivity index is 0.00000126. The molecule has 1 aliphatic rings. The number of fused-ring (bicyclic) bond motifs is 1. The Labute approximate surface area is 158 Å². The minimum Gasteiger partial charge on any atom is -0.494 e. The monoisotopic (exact) mass is 394 g/mol. The summed E-state index contributed by atoms with van der Waals surface area (Å²) in [5.74, 6) is 1.05. The zero-order chi connectivity index (χ0) is 20.0. The highest BCUT2D eigenvalue weighted by Gasteiger charge is 2.17. The lowest BCUT2D eigenvalue weighted by atomic mass is 10.2. The van der Waals surface area contributed by atoms with Gasteiger partial charge in [-0.15, -0.1) is 0 Å². The van der Waals surface area contributed by atoms with Gasteiger partial charge in [-0.3, -0.25) is 9.52 Å². The van der Waals surface area contributed by atoms with E-state index in [0.717, 1.165) is 6.26 Å². The van der Waals surface area contributed by atoms with E-state index in [0.29, 0.717) is 22.7 Å². The maximum absolute atomic E-state index is 12.4. The van der Waals surface area contributed by atoms with Gasteiger partial charge in [0, 0.05) is 17.3 Å². The van der Waals surface area contributed by atoms with Gasteiger partial charge in [0.05, 0.1) is 19.1 Å². The van der Waals surface area contributed by atoms with Crippen LogP contribution in [0.4, 0.5) is 11.4 Å². The number of carbonyl (C=O) groups is 1. The second kappa shape index (κ2) is 8.63. The van der Waals surface area contributed by atoms with Crippen molar-refractivity contribution in [1.29, 1.82) is 0 Å². The highest BCUT2D eigenvalue weighted by atomic mass is 32.2. The molecule has 0 unspecified atom stereocenters. The van der Waals surface area contributed by atoms with Crippen molar-refractivity contribution in [3.8, 4) is 17.2 Å². The molecule has 0 spiro atoms. The molecule has 3 rings (SSSR count). The molecule has 1 amide bonds. The van der Waals surface area contributed by atoms with Crippen LogP contribution in [-0.4, -0.2) is 34.5 Å². The van der Waals surface area contributed by atoms with Crippen LogP contribution >= 0.6 is 0 Å². The highest BCUT2D eigenvalue weighted by Crippen LogP contribution is 2.33. The van der Waals surface area contributed by atoms with E-state index < -0.39 is 10.0 Å². The minimum absolute atomic E-state index is 0.131. The summed E-state index contributed by atoms with van der Waals surface area (Å²) in [5, 5.41) is 2.72. The van der Waals surface area contributed by atoms with Crippen molar-refractivity contribution in [2.24, 2.45) is 0 Å². The molecule has 0 radical (unpaired) electrons. The fourth-order valence-corrected chi connectivity index (χ4v) is 2.86. The largest absolute Gasteiger partial charge is 0.494 e. The second-order valence-electron chi connectivity index (χ2n) is 5.31. The number of carbonyl (C=O) groups excluding carboxylic acids is 1. The van der Waals surface area contributed by atoms with Crippen molar-refractivity contribution in [2.45, 2.75) is 13.8 Å². The van der Waals surface area contributed by atoms with Crippen molar-refractivity contribution in [2.75, 3.05) is 30.2 Å². The molecule has 0 aliphatic carbocycles. The molecule has 27 heavy (non-hydrogen) atoms. The van der Waals surface area contributed by atoms with Gasteiger partial charge in [-0.2, -0.15) is 0 Å². The summed E-state index contributed by atoms with van der Waals surface area (Å²) < 4.78 is 40.7. The molecular weight excluding hydrogens is 372 g/mol. The Morgan fingerprint density at radius 3 is 2.44 bits per heavy atom. The summed E-state index contributed by atoms with van der Waals surface area (Å²) in [5.41, 5.74) is 1.14. The molecule has 1 aliphatic heterocycles. The SMILES string of the molecule is CC.COc1cc(NC(=O)c2ccc3c(c2)OCO3)ccc1NS(C)(=O)=O. The van der Waals surface area contributed by atoms with E-state index in [1.807, 2.05) is 13.8 Å². The van der Waals surface area contributed by atoms with Crippen LogP contribution in [0.5, 0.6) is 17.2 Å². The van der Waals surface area contributed by atoms with Gasteiger partial charge in [0.2, 0.25) is 16.8 Å². The number of ether oxygens (including phenoxy) is 3. The number of anilines is 2. The van der Waals surface area contributed by atoms with Crippen LogP contribution in [-0.2, 0) is 10.0 Å². The third kappa shape index (κ3) is 5.27. The van der Waals surface area contributed by atoms with Crippen LogP contribution < -0.4 is 24.2 Å². The molecule has 0 saturated carbocycles. The van der Waals surface area contributed by atoms with Gasteiger partial charge < -0.3 is 19.5 Å². The van der Waals surface area contributed by atoms with Crippen LogP contribution in [0.1, 0.15) is 24.2 Å². The highest BCUT2D eigenvalue weighted by molar-refractivity contribution is 7.92. The van der Waals surface area contributed by atoms with Crippen molar-refractivity contribution < 1.29 is 27.4 Å². The minimum atomic E-state index is -3.44. The van der Waals surface area contributed by atoms with Crippen molar-refractivity contribution in [3.05, 3.63) is 42.0 Å². The first-order chi connectivity index (χ1) is 12.9. The van der Waals surface area contributed by atoms with Gasteiger partial charge in [-0.25, -0.2) is 8.42 Å². The topological polar surface area (TPSA) is 103 Å². The van der Waals surface area contributed by atoms with E-state index in [1.54, 1.807) is 24.3 Å². The summed E-state index contributed by atoms with van der Waals surface area (Å²) >= 11 is 0. The van der Waals surface area contributed by atoms with E-state index in [1.165, 1.54) is 19.2 Å². The Bertz CT molecular complexity index is 927. The molecule has 0 saturated heterocycles. The number of sulfonamides is 1. The summed E-state index contributed by atoms with van der Waals surface area (Å²) in [4.78, 5) is 12.4. The number of benzene rings is 2. The molecule has 2 N–H and O–H groups in total. The Kier molecular flexibility index (Phi) is 6.51. The number of amides is 1. The number of hydrogen-bond donors (Lipinski definition) is 2. The van der Waals surface area contributed by atoms with E-state index in [2.05, 4.69) is 10.0 Å². The summed E-state index contributed by atoms with van der Waals surface area (Å²) in [6.07, 6.45) is 1.04. The summed E-state index contributed by atoms with van der Waals surface area (Å²) in [6.45, 7) is 4.13. The Hall–Kier alpha value is -2.94. The fraction of sp³-hybridized carbons (Fsp3) is 0.278. The van der Waals surface area contributed by atoms with Crippen LogP contribution in [0.2, 0.25) is 0 Å². The molecule has 0 atom stereocenters. The normalized spacial score (nSPS) is 11.9. The third-order valence-electron chi connectivity index (χ3n) is 3.39. The number of methoxy groups -OCH3 is 1. The van der Waals surface area contributed by atoms with Crippen LogP contribution in [0.15, 0.2) is 36.4 Å². The van der Waals surface area contributed by atoms with E-state index >= 15 is 0 Å². The van der Waals surface area contributed by atoms with Crippen molar-refractivity contribution in [3.63, 3.8) is 0 Å². The predicted molar refractivity (Wildman–Crippen MR) is 103 cm³/mol. The number of rotatable bonds is 5. The molecule has 1 heterocycles. The maximum atomic E-state index is 12.4. The van der Waals surface area contributed by atoms with Gasteiger partial charge in [0.25, 0.3) is 5.91 Å². The smallest absolute Gasteiger partial charge is 0.255 e. The molecular formula is C18H22N2O6S. The van der Waals surface area contributed by atoms with Crippen molar-refractivity contribution in [1.82, 2.24) is 0 Å². The van der Waals surface area contributed by atoms with Crippen molar-refractivity contribution >= 4 is 27.3 Å². The zero-order valence-electron chi connectivity index (χ0n) is 15.5. The Morgan fingerprint density at radius 2 is 1.78 bits per heavy atom. The van der Waals surface area contributed by atoms with Crippen LogP contribution in [0.25, 0.3) is 0 Å². The Morgan fingerprint density at radius 1 is 1.07 bits per heavy atom. The summed E-state index contributed by atoms with van der Waals surface area (Å²) in [7, 11) is -2.03. The first-order valence-corrected chi connectivity index (χ1v) is 10.1. The van der Waals surface area contributed by atoms with Gasteiger partial charge in [-0.1, -0.05) is 13.8 Å². The molecule has 2 aromatic rings.